The maximum absolute atomic E-state index is 7.01. The first-order valence-electron chi connectivity index (χ1n) is 15.4. The number of benzene rings is 6. The molecule has 6 aromatic carbocycles. The second-order valence-corrected chi connectivity index (χ2v) is 12.4. The van der Waals surface area contributed by atoms with Crippen LogP contribution in [0.2, 0.25) is 10.0 Å². The van der Waals surface area contributed by atoms with Gasteiger partial charge in [-0.2, -0.15) is 0 Å². The van der Waals surface area contributed by atoms with E-state index in [4.69, 9.17) is 37.9 Å². The number of aromatic nitrogens is 2. The van der Waals surface area contributed by atoms with E-state index in [9.17, 15) is 0 Å². The van der Waals surface area contributed by atoms with Gasteiger partial charge in [-0.25, -0.2) is 0 Å². The first-order chi connectivity index (χ1) is 23.1. The first kappa shape index (κ1) is 27.8. The number of halogens is 2. The summed E-state index contributed by atoms with van der Waals surface area (Å²) in [5.41, 5.74) is 9.88. The van der Waals surface area contributed by atoms with E-state index in [1.165, 1.54) is 0 Å². The summed E-state index contributed by atoms with van der Waals surface area (Å²) < 4.78 is 6.26. The molecule has 3 heterocycles. The highest BCUT2D eigenvalue weighted by Crippen LogP contribution is 2.48. The normalized spacial score (nSPS) is 11.8. The number of hydrogen-bond donors (Lipinski definition) is 0. The smallest absolute Gasteiger partial charge is 0.137 e. The highest BCUT2D eigenvalue weighted by molar-refractivity contribution is 6.34. The molecule has 8 aromatic rings. The molecule has 5 heteroatoms. The summed E-state index contributed by atoms with van der Waals surface area (Å²) in [5.74, 6) is 1.62. The van der Waals surface area contributed by atoms with Gasteiger partial charge >= 0.3 is 0 Å². The maximum atomic E-state index is 7.01. The Kier molecular flexibility index (Phi) is 6.56. The average molecular weight is 644 g/mol. The van der Waals surface area contributed by atoms with Crippen molar-refractivity contribution >= 4 is 44.7 Å². The summed E-state index contributed by atoms with van der Waals surface area (Å²) in [6.07, 6.45) is 3.85. The zero-order valence-corrected chi connectivity index (χ0v) is 26.4. The Morgan fingerprint density at radius 2 is 1.00 bits per heavy atom. The minimum atomic E-state index is 0.661. The van der Waals surface area contributed by atoms with Crippen molar-refractivity contribution in [2.45, 2.75) is 0 Å². The molecule has 0 amide bonds. The number of rotatable bonds is 4. The summed E-state index contributed by atoms with van der Waals surface area (Å²) in [6, 6.07) is 45.1. The van der Waals surface area contributed by atoms with Gasteiger partial charge in [-0.15, -0.1) is 0 Å². The van der Waals surface area contributed by atoms with Crippen LogP contribution in [0.4, 0.5) is 0 Å². The third-order valence-electron chi connectivity index (χ3n) is 8.95. The van der Waals surface area contributed by atoms with E-state index < -0.39 is 0 Å². The van der Waals surface area contributed by atoms with Crippen LogP contribution in [0.1, 0.15) is 0 Å². The van der Waals surface area contributed by atoms with Crippen LogP contribution in [-0.2, 0) is 0 Å². The molecule has 0 fully saturated rings. The Labute approximate surface area is 281 Å². The van der Waals surface area contributed by atoms with Crippen molar-refractivity contribution in [3.63, 3.8) is 0 Å². The number of fused-ring (bicyclic) bond motifs is 3. The van der Waals surface area contributed by atoms with Gasteiger partial charge in [-0.05, 0) is 52.2 Å². The third-order valence-corrected chi connectivity index (χ3v) is 9.59. The van der Waals surface area contributed by atoms with E-state index in [0.29, 0.717) is 10.0 Å². The van der Waals surface area contributed by atoms with Crippen molar-refractivity contribution in [2.24, 2.45) is 0 Å². The maximum Gasteiger partial charge on any atom is 0.137 e. The summed E-state index contributed by atoms with van der Waals surface area (Å²) >= 11 is 13.6. The van der Waals surface area contributed by atoms with Crippen LogP contribution in [0, 0.1) is 0 Å². The first-order valence-corrected chi connectivity index (χ1v) is 16.1. The molecule has 0 unspecified atom stereocenters. The lowest BCUT2D eigenvalue weighted by molar-refractivity contribution is 0.486. The highest BCUT2D eigenvalue weighted by atomic mass is 35.5. The van der Waals surface area contributed by atoms with Crippen LogP contribution >= 0.6 is 23.2 Å². The summed E-state index contributed by atoms with van der Waals surface area (Å²) in [4.78, 5) is 9.83. The molecule has 1 aliphatic rings. The quantitative estimate of drug-likeness (QED) is 0.191. The lowest BCUT2D eigenvalue weighted by Crippen LogP contribution is -2.00. The second kappa shape index (κ2) is 11.1. The Morgan fingerprint density at radius 3 is 1.81 bits per heavy atom. The average Bonchev–Trinajstić information content (AvgIpc) is 3.12. The Morgan fingerprint density at radius 1 is 0.404 bits per heavy atom. The fourth-order valence-corrected chi connectivity index (χ4v) is 7.21. The van der Waals surface area contributed by atoms with Gasteiger partial charge in [0.05, 0.1) is 16.8 Å². The van der Waals surface area contributed by atoms with Gasteiger partial charge in [0.2, 0.25) is 0 Å². The second-order valence-electron chi connectivity index (χ2n) is 11.6. The molecule has 0 aliphatic carbocycles. The highest BCUT2D eigenvalue weighted by Gasteiger charge is 2.23. The zero-order valence-electron chi connectivity index (χ0n) is 24.9. The Bertz CT molecular complexity index is 2520. The molecule has 47 heavy (non-hydrogen) atoms. The van der Waals surface area contributed by atoms with Crippen molar-refractivity contribution in [1.29, 1.82) is 0 Å². The zero-order chi connectivity index (χ0) is 31.5. The van der Waals surface area contributed by atoms with Gasteiger partial charge in [-0.1, -0.05) is 126 Å². The molecule has 3 nitrogen and oxygen atoms in total. The third kappa shape index (κ3) is 4.58. The van der Waals surface area contributed by atoms with Gasteiger partial charge < -0.3 is 4.74 Å². The van der Waals surface area contributed by atoms with E-state index in [1.807, 2.05) is 85.2 Å². The molecule has 2 aromatic heterocycles. The van der Waals surface area contributed by atoms with E-state index in [2.05, 4.69) is 60.7 Å². The summed E-state index contributed by atoms with van der Waals surface area (Å²) in [6.45, 7) is 0. The minimum absolute atomic E-state index is 0.661. The number of pyridine rings is 2. The molecule has 0 bridgehead atoms. The Balaban J connectivity index is 1.07. The predicted molar refractivity (Wildman–Crippen MR) is 194 cm³/mol. The van der Waals surface area contributed by atoms with Crippen molar-refractivity contribution in [3.05, 3.63) is 156 Å². The van der Waals surface area contributed by atoms with Gasteiger partial charge in [0.15, 0.2) is 0 Å². The van der Waals surface area contributed by atoms with Gasteiger partial charge in [-0.3, -0.25) is 9.97 Å². The van der Waals surface area contributed by atoms with Crippen LogP contribution in [-0.4, -0.2) is 9.97 Å². The van der Waals surface area contributed by atoms with Crippen molar-refractivity contribution in [2.75, 3.05) is 0 Å². The summed E-state index contributed by atoms with van der Waals surface area (Å²) in [5, 5.41) is 5.62. The number of para-hydroxylation sites is 1. The standard InChI is InChI=1S/C42H24Cl2N2O/c43-36-13-5-3-9-29(36)34-23-45-41(32-10-2-1-8-28(32)34)26-18-16-25(17-19-26)27-20-21-30(37(44)22-27)35-24-46-42-33-11-4-6-14-38(33)47-39-15-7-12-31(35)40(39)42/h1-24H. The molecule has 0 N–H and O–H groups in total. The van der Waals surface area contributed by atoms with E-state index in [0.717, 1.165) is 88.9 Å². The van der Waals surface area contributed by atoms with Crippen LogP contribution in [0.5, 0.6) is 11.5 Å². The van der Waals surface area contributed by atoms with Gasteiger partial charge in [0, 0.05) is 61.2 Å². The number of ether oxygens (including phenoxy) is 1. The van der Waals surface area contributed by atoms with E-state index in [1.54, 1.807) is 0 Å². The number of hydrogen-bond acceptors (Lipinski definition) is 3. The molecular weight excluding hydrogens is 619 g/mol. The summed E-state index contributed by atoms with van der Waals surface area (Å²) in [7, 11) is 0. The Hall–Kier alpha value is -5.48. The molecule has 9 rings (SSSR count). The lowest BCUT2D eigenvalue weighted by atomic mass is 9.93. The number of nitrogens with zero attached hydrogens (tertiary/aromatic N) is 2. The van der Waals surface area contributed by atoms with Gasteiger partial charge in [0.1, 0.15) is 11.5 Å². The largest absolute Gasteiger partial charge is 0.456 e. The SMILES string of the molecule is Clc1ccccc1-c1cnc(-c2ccc(-c3ccc(-c4cnc5c6c(cccc46)Oc4ccccc4-5)c(Cl)c3)cc2)c2ccccc12. The van der Waals surface area contributed by atoms with E-state index >= 15 is 0 Å². The predicted octanol–water partition coefficient (Wildman–Crippen LogP) is 12.5. The van der Waals surface area contributed by atoms with Crippen LogP contribution < -0.4 is 4.74 Å². The lowest BCUT2D eigenvalue weighted by Gasteiger charge is -2.21. The molecule has 222 valence electrons. The van der Waals surface area contributed by atoms with Crippen LogP contribution in [0.3, 0.4) is 0 Å². The molecular formula is C42H24Cl2N2O. The van der Waals surface area contributed by atoms with E-state index in [-0.39, 0.29) is 0 Å². The fraction of sp³-hybridized carbons (Fsp3) is 0. The topological polar surface area (TPSA) is 35.0 Å². The van der Waals surface area contributed by atoms with Crippen molar-refractivity contribution in [1.82, 2.24) is 9.97 Å². The fourth-order valence-electron chi connectivity index (χ4n) is 6.69. The molecule has 0 radical (unpaired) electrons. The van der Waals surface area contributed by atoms with Gasteiger partial charge in [0.25, 0.3) is 0 Å². The van der Waals surface area contributed by atoms with Crippen molar-refractivity contribution < 1.29 is 4.74 Å². The van der Waals surface area contributed by atoms with Crippen LogP contribution in [0.25, 0.3) is 77.4 Å². The molecule has 0 atom stereocenters. The molecule has 1 aliphatic heterocycles. The molecule has 0 saturated carbocycles. The van der Waals surface area contributed by atoms with Crippen LogP contribution in [0.15, 0.2) is 146 Å². The van der Waals surface area contributed by atoms with Crippen molar-refractivity contribution in [3.8, 4) is 67.4 Å². The molecule has 0 spiro atoms. The monoisotopic (exact) mass is 642 g/mol. The minimum Gasteiger partial charge on any atom is -0.456 e. The molecule has 0 saturated heterocycles.